The first-order valence-electron chi connectivity index (χ1n) is 10.9. The van der Waals surface area contributed by atoms with E-state index in [9.17, 15) is 36.2 Å². The molecular weight excluding hydrogens is 488 g/mol. The van der Waals surface area contributed by atoms with Crippen molar-refractivity contribution in [2.24, 2.45) is 0 Å². The quantitative estimate of drug-likeness (QED) is 0.359. The van der Waals surface area contributed by atoms with E-state index in [-0.39, 0.29) is 11.4 Å². The molecule has 0 unspecified atom stereocenters. The topological polar surface area (TPSA) is 59.4 Å². The summed E-state index contributed by atoms with van der Waals surface area (Å²) >= 11 is 0. The lowest BCUT2D eigenvalue weighted by Gasteiger charge is -2.16. The lowest BCUT2D eigenvalue weighted by Crippen LogP contribution is -2.11. The second-order valence-electron chi connectivity index (χ2n) is 8.38. The van der Waals surface area contributed by atoms with Crippen molar-refractivity contribution >= 4 is 17.1 Å². The zero-order valence-corrected chi connectivity index (χ0v) is 18.8. The van der Waals surface area contributed by atoms with Crippen molar-refractivity contribution in [3.63, 3.8) is 0 Å². The molecule has 0 aliphatic heterocycles. The molecule has 1 aliphatic carbocycles. The van der Waals surface area contributed by atoms with Crippen molar-refractivity contribution in [1.82, 2.24) is 4.98 Å². The van der Waals surface area contributed by atoms with E-state index in [0.29, 0.717) is 54.2 Å². The zero-order chi connectivity index (χ0) is 26.2. The Kier molecular flexibility index (Phi) is 6.79. The van der Waals surface area contributed by atoms with Crippen LogP contribution in [0.15, 0.2) is 42.5 Å². The minimum absolute atomic E-state index is 0.113. The van der Waals surface area contributed by atoms with Gasteiger partial charge in [-0.3, -0.25) is 0 Å². The number of aromatic carboxylic acids is 1. The van der Waals surface area contributed by atoms with E-state index in [2.05, 4.69) is 4.98 Å². The molecule has 3 aromatic rings. The van der Waals surface area contributed by atoms with Crippen LogP contribution in [0.4, 0.5) is 26.3 Å². The third-order valence-corrected chi connectivity index (χ3v) is 5.84. The highest BCUT2D eigenvalue weighted by molar-refractivity contribution is 5.94. The standard InChI is InChI=1S/C26H19F6NO3/c1-13-5-6-24(36-12-19-20(28)10-15(27)11-21(19)29)18(7-13)16-3-2-4-17(16)22-8-14(26(30,31)32)9-23(33-22)25(34)35/h5-11H,2-4,12H2,1H3,(H,34,35). The van der Waals surface area contributed by atoms with Crippen LogP contribution >= 0.6 is 0 Å². The molecule has 0 saturated heterocycles. The van der Waals surface area contributed by atoms with E-state index >= 15 is 0 Å². The van der Waals surface area contributed by atoms with Crippen LogP contribution in [0.25, 0.3) is 11.1 Å². The Morgan fingerprint density at radius 2 is 1.67 bits per heavy atom. The highest BCUT2D eigenvalue weighted by Crippen LogP contribution is 2.44. The Hall–Kier alpha value is -3.82. The molecule has 1 heterocycles. The Balaban J connectivity index is 1.79. The first kappa shape index (κ1) is 25.3. The maximum atomic E-state index is 14.1. The van der Waals surface area contributed by atoms with Gasteiger partial charge < -0.3 is 9.84 Å². The number of benzene rings is 2. The number of aromatic nitrogens is 1. The number of alkyl halides is 3. The average molecular weight is 507 g/mol. The van der Waals surface area contributed by atoms with Crippen molar-refractivity contribution in [2.75, 3.05) is 0 Å². The number of allylic oxidation sites excluding steroid dienone is 2. The van der Waals surface area contributed by atoms with Gasteiger partial charge in [0.1, 0.15) is 35.5 Å². The summed E-state index contributed by atoms with van der Waals surface area (Å²) in [4.78, 5) is 15.4. The zero-order valence-electron chi connectivity index (χ0n) is 18.8. The summed E-state index contributed by atoms with van der Waals surface area (Å²) in [5.41, 5.74) is -0.157. The van der Waals surface area contributed by atoms with Gasteiger partial charge in [-0.25, -0.2) is 22.9 Å². The maximum Gasteiger partial charge on any atom is 0.416 e. The molecular formula is C26H19F6NO3. The molecule has 0 fully saturated rings. The van der Waals surface area contributed by atoms with Crippen LogP contribution in [0.5, 0.6) is 5.75 Å². The maximum absolute atomic E-state index is 14.1. The van der Waals surface area contributed by atoms with Crippen molar-refractivity contribution in [3.8, 4) is 5.75 Å². The summed E-state index contributed by atoms with van der Waals surface area (Å²) in [7, 11) is 0. The number of pyridine rings is 1. The second-order valence-corrected chi connectivity index (χ2v) is 8.38. The first-order valence-corrected chi connectivity index (χ1v) is 10.9. The molecule has 36 heavy (non-hydrogen) atoms. The molecule has 188 valence electrons. The Morgan fingerprint density at radius 1 is 1.00 bits per heavy atom. The van der Waals surface area contributed by atoms with Gasteiger partial charge in [0.05, 0.1) is 16.8 Å². The Morgan fingerprint density at radius 3 is 2.31 bits per heavy atom. The number of halogens is 6. The number of hydrogen-bond acceptors (Lipinski definition) is 3. The smallest absolute Gasteiger partial charge is 0.416 e. The van der Waals surface area contributed by atoms with E-state index in [0.717, 1.165) is 11.6 Å². The van der Waals surface area contributed by atoms with Crippen molar-refractivity contribution in [2.45, 2.75) is 39.0 Å². The van der Waals surface area contributed by atoms with Gasteiger partial charge >= 0.3 is 12.1 Å². The number of nitrogens with zero attached hydrogens (tertiary/aromatic N) is 1. The highest BCUT2D eigenvalue weighted by atomic mass is 19.4. The van der Waals surface area contributed by atoms with Crippen LogP contribution < -0.4 is 4.74 Å². The Bertz CT molecular complexity index is 1360. The van der Waals surface area contributed by atoms with E-state index in [1.54, 1.807) is 25.1 Å². The fourth-order valence-corrected chi connectivity index (χ4v) is 4.15. The predicted molar refractivity (Wildman–Crippen MR) is 119 cm³/mol. The number of carboxylic acid groups (broad SMARTS) is 1. The lowest BCUT2D eigenvalue weighted by atomic mass is 9.96. The lowest BCUT2D eigenvalue weighted by molar-refractivity contribution is -0.137. The van der Waals surface area contributed by atoms with Crippen LogP contribution in [-0.2, 0) is 12.8 Å². The number of carboxylic acids is 1. The molecule has 4 nitrogen and oxygen atoms in total. The van der Waals surface area contributed by atoms with Gasteiger partial charge in [-0.2, -0.15) is 13.2 Å². The Labute approximate surface area is 201 Å². The van der Waals surface area contributed by atoms with Crippen LogP contribution in [0.1, 0.15) is 57.7 Å². The third kappa shape index (κ3) is 5.22. The summed E-state index contributed by atoms with van der Waals surface area (Å²) in [6, 6.07) is 7.34. The van der Waals surface area contributed by atoms with Crippen LogP contribution in [0, 0.1) is 24.4 Å². The number of aryl methyl sites for hydroxylation is 1. The molecule has 0 saturated carbocycles. The molecule has 0 bridgehead atoms. The van der Waals surface area contributed by atoms with Gasteiger partial charge in [-0.05, 0) is 61.6 Å². The van der Waals surface area contributed by atoms with Gasteiger partial charge in [-0.1, -0.05) is 11.6 Å². The SMILES string of the molecule is Cc1ccc(OCc2c(F)cc(F)cc2F)c(C2=C(c3cc(C(F)(F)F)cc(C(=O)O)n3)CCC2)c1. The fraction of sp³-hybridized carbons (Fsp3) is 0.231. The molecule has 0 atom stereocenters. The predicted octanol–water partition coefficient (Wildman–Crippen LogP) is 7.20. The molecule has 0 amide bonds. The molecule has 2 aromatic carbocycles. The summed E-state index contributed by atoms with van der Waals surface area (Å²) in [5.74, 6) is -4.68. The first-order chi connectivity index (χ1) is 16.9. The van der Waals surface area contributed by atoms with Crippen LogP contribution in [0.3, 0.4) is 0 Å². The summed E-state index contributed by atoms with van der Waals surface area (Å²) in [6.07, 6.45) is -3.42. The van der Waals surface area contributed by atoms with Gasteiger partial charge in [0.25, 0.3) is 0 Å². The summed E-state index contributed by atoms with van der Waals surface area (Å²) in [5, 5.41) is 9.30. The normalized spacial score (nSPS) is 13.9. The van der Waals surface area contributed by atoms with E-state index < -0.39 is 53.0 Å². The minimum Gasteiger partial charge on any atom is -0.488 e. The third-order valence-electron chi connectivity index (χ3n) is 5.84. The summed E-state index contributed by atoms with van der Waals surface area (Å²) < 4.78 is 87.4. The van der Waals surface area contributed by atoms with Gasteiger partial charge in [0.2, 0.25) is 0 Å². The molecule has 1 N–H and O–H groups in total. The molecule has 4 rings (SSSR count). The number of rotatable bonds is 6. The number of hydrogen-bond donors (Lipinski definition) is 1. The van der Waals surface area contributed by atoms with Crippen molar-refractivity contribution < 1.29 is 41.0 Å². The molecule has 0 radical (unpaired) electrons. The largest absolute Gasteiger partial charge is 0.488 e. The van der Waals surface area contributed by atoms with Crippen LogP contribution in [-0.4, -0.2) is 16.1 Å². The van der Waals surface area contributed by atoms with Crippen molar-refractivity contribution in [3.05, 3.63) is 93.6 Å². The molecule has 1 aromatic heterocycles. The van der Waals surface area contributed by atoms with Crippen molar-refractivity contribution in [1.29, 1.82) is 0 Å². The van der Waals surface area contributed by atoms with Crippen LogP contribution in [0.2, 0.25) is 0 Å². The van der Waals surface area contributed by atoms with E-state index in [4.69, 9.17) is 4.74 Å². The summed E-state index contributed by atoms with van der Waals surface area (Å²) in [6.45, 7) is 1.23. The fourth-order valence-electron chi connectivity index (χ4n) is 4.15. The van der Waals surface area contributed by atoms with E-state index in [1.807, 2.05) is 0 Å². The second kappa shape index (κ2) is 9.67. The average Bonchev–Trinajstić information content (AvgIpc) is 3.28. The van der Waals surface area contributed by atoms with Gasteiger partial charge in [0.15, 0.2) is 0 Å². The number of ether oxygens (including phenoxy) is 1. The molecule has 0 spiro atoms. The van der Waals surface area contributed by atoms with Gasteiger partial charge in [0, 0.05) is 17.7 Å². The minimum atomic E-state index is -4.78. The highest BCUT2D eigenvalue weighted by Gasteiger charge is 2.33. The monoisotopic (exact) mass is 507 g/mol. The van der Waals surface area contributed by atoms with E-state index in [1.165, 1.54) is 0 Å². The number of carbonyl (C=O) groups is 1. The van der Waals surface area contributed by atoms with Gasteiger partial charge in [-0.15, -0.1) is 0 Å². The molecule has 1 aliphatic rings. The molecule has 10 heteroatoms.